The van der Waals surface area contributed by atoms with Crippen molar-refractivity contribution in [3.63, 3.8) is 0 Å². The van der Waals surface area contributed by atoms with Crippen molar-refractivity contribution in [2.24, 2.45) is 0 Å². The Kier molecular flexibility index (Phi) is 8.08. The van der Waals surface area contributed by atoms with Crippen LogP contribution in [0.3, 0.4) is 0 Å². The number of H-pyrrole nitrogens is 2. The molecule has 11 rings (SSSR count). The molecule has 1 aliphatic carbocycles. The van der Waals surface area contributed by atoms with Crippen LogP contribution in [0.25, 0.3) is 78.7 Å². The van der Waals surface area contributed by atoms with E-state index in [9.17, 15) is 10.1 Å². The summed E-state index contributed by atoms with van der Waals surface area (Å²) in [5.74, 6) is -0.573. The number of benzene rings is 5. The maximum Gasteiger partial charge on any atom is 0.276 e. The second-order valence-electron chi connectivity index (χ2n) is 15.5. The second-order valence-corrected chi connectivity index (χ2v) is 15.5. The first kappa shape index (κ1) is 34.6. The van der Waals surface area contributed by atoms with E-state index in [0.29, 0.717) is 23.4 Å². The van der Waals surface area contributed by atoms with E-state index >= 15 is 0 Å². The fraction of sp³-hybridized carbons (Fsp3) is 0.0769. The Bertz CT molecular complexity index is 3140. The van der Waals surface area contributed by atoms with Gasteiger partial charge in [-0.05, 0) is 76.2 Å². The van der Waals surface area contributed by atoms with Crippen LogP contribution in [0, 0.1) is 10.1 Å². The highest BCUT2D eigenvalue weighted by molar-refractivity contribution is 5.97. The van der Waals surface area contributed by atoms with Gasteiger partial charge in [0.15, 0.2) is 0 Å². The summed E-state index contributed by atoms with van der Waals surface area (Å²) in [6.45, 7) is 0. The molecule has 0 amide bonds. The van der Waals surface area contributed by atoms with Gasteiger partial charge in [-0.3, -0.25) is 10.1 Å². The van der Waals surface area contributed by atoms with Crippen LogP contribution < -0.4 is 0 Å². The Hall–Kier alpha value is -7.64. The molecule has 8 aromatic rings. The maximum absolute atomic E-state index is 14.3. The van der Waals surface area contributed by atoms with Crippen molar-refractivity contribution >= 4 is 34.2 Å². The molecule has 282 valence electrons. The smallest absolute Gasteiger partial charge is 0.276 e. The first-order chi connectivity index (χ1) is 29.1. The molecule has 59 heavy (non-hydrogen) atoms. The van der Waals surface area contributed by atoms with E-state index in [2.05, 4.69) is 82.8 Å². The van der Waals surface area contributed by atoms with Crippen LogP contribution in [-0.2, 0) is 18.4 Å². The Morgan fingerprint density at radius 1 is 0.492 bits per heavy atom. The van der Waals surface area contributed by atoms with E-state index in [0.717, 1.165) is 83.5 Å². The lowest BCUT2D eigenvalue weighted by Crippen LogP contribution is -2.45. The Morgan fingerprint density at radius 2 is 0.898 bits per heavy atom. The summed E-state index contributed by atoms with van der Waals surface area (Å²) in [6.07, 6.45) is 4.85. The van der Waals surface area contributed by atoms with Gasteiger partial charge in [-0.1, -0.05) is 146 Å². The standard InChI is InChI=1S/C52H37N5O2/c58-57(59)52-32-38-24-14-13-23-37(38)31-39(52)50-48(35-19-9-3-10-20-35)44-29-27-42(54-44)46(33-15-5-1-6-16-33)40-25-26-41(53-40)47(34-17-7-2-8-18-34)43-28-30-45(55-43)49(51(52)56-50)36-21-11-4-12-22-36/h1-30,39,54-55H,31-32H2. The molecule has 3 aromatic heterocycles. The quantitative estimate of drug-likeness (QED) is 0.135. The summed E-state index contributed by atoms with van der Waals surface area (Å²) >= 11 is 0. The summed E-state index contributed by atoms with van der Waals surface area (Å²) in [4.78, 5) is 32.9. The van der Waals surface area contributed by atoms with E-state index in [1.807, 2.05) is 109 Å². The molecule has 3 aliphatic rings. The highest BCUT2D eigenvalue weighted by Crippen LogP contribution is 2.55. The van der Waals surface area contributed by atoms with Gasteiger partial charge in [0.1, 0.15) is 5.69 Å². The van der Waals surface area contributed by atoms with Crippen LogP contribution >= 0.6 is 0 Å². The fourth-order valence-corrected chi connectivity index (χ4v) is 9.56. The van der Waals surface area contributed by atoms with Gasteiger partial charge in [0.2, 0.25) is 0 Å². The molecule has 0 saturated heterocycles. The number of aromatic nitrogens is 4. The lowest BCUT2D eigenvalue weighted by atomic mass is 9.67. The van der Waals surface area contributed by atoms with E-state index in [1.54, 1.807) is 0 Å². The summed E-state index contributed by atoms with van der Waals surface area (Å²) in [6, 6.07) is 57.2. The average Bonchev–Trinajstić information content (AvgIpc) is 4.11. The number of aromatic amines is 2. The van der Waals surface area contributed by atoms with Crippen LogP contribution in [-0.4, -0.2) is 24.9 Å². The normalized spacial score (nSPS) is 16.6. The zero-order valence-corrected chi connectivity index (χ0v) is 32.0. The lowest BCUT2D eigenvalue weighted by Gasteiger charge is -2.34. The molecule has 5 aromatic carbocycles. The van der Waals surface area contributed by atoms with Crippen molar-refractivity contribution in [3.05, 3.63) is 214 Å². The SMILES string of the molecule is O=[N+]([O-])C12Cc3ccccc3CC1c1nc2c(-c2ccccc2)c2ccc([nH]2)c(-c2ccccc2)c2nc(c(-c3ccccc3)c3ccc([nH]3)c1-c1ccccc1)C=C2. The van der Waals surface area contributed by atoms with Crippen molar-refractivity contribution in [3.8, 4) is 44.5 Å². The summed E-state index contributed by atoms with van der Waals surface area (Å²) in [5, 5.41) is 14.3. The third-order valence-corrected chi connectivity index (χ3v) is 12.2. The van der Waals surface area contributed by atoms with Gasteiger partial charge in [0.05, 0.1) is 29.4 Å². The lowest BCUT2D eigenvalue weighted by molar-refractivity contribution is -0.584. The predicted molar refractivity (Wildman–Crippen MR) is 237 cm³/mol. The Balaban J connectivity index is 1.39. The first-order valence-electron chi connectivity index (χ1n) is 20.0. The van der Waals surface area contributed by atoms with Gasteiger partial charge in [-0.25, -0.2) is 9.97 Å². The fourth-order valence-electron chi connectivity index (χ4n) is 9.56. The zero-order valence-electron chi connectivity index (χ0n) is 32.0. The second kappa shape index (κ2) is 13.8. The van der Waals surface area contributed by atoms with Crippen molar-refractivity contribution in [2.45, 2.75) is 24.3 Å². The third-order valence-electron chi connectivity index (χ3n) is 12.2. The molecule has 8 bridgehead atoms. The first-order valence-corrected chi connectivity index (χ1v) is 20.0. The molecule has 2 atom stereocenters. The number of nitro groups is 1. The summed E-state index contributed by atoms with van der Waals surface area (Å²) < 4.78 is 0. The zero-order chi connectivity index (χ0) is 39.5. The Labute approximate surface area is 340 Å². The van der Waals surface area contributed by atoms with Gasteiger partial charge in [0.25, 0.3) is 5.54 Å². The van der Waals surface area contributed by atoms with Gasteiger partial charge >= 0.3 is 0 Å². The van der Waals surface area contributed by atoms with E-state index in [1.165, 1.54) is 0 Å². The van der Waals surface area contributed by atoms with E-state index in [4.69, 9.17) is 9.97 Å². The molecule has 0 saturated carbocycles. The molecule has 2 unspecified atom stereocenters. The monoisotopic (exact) mass is 763 g/mol. The molecule has 0 radical (unpaired) electrons. The van der Waals surface area contributed by atoms with Crippen LogP contribution in [0.4, 0.5) is 0 Å². The average molecular weight is 764 g/mol. The number of nitrogens with one attached hydrogen (secondary N) is 2. The minimum absolute atomic E-state index is 0.0406. The van der Waals surface area contributed by atoms with Crippen molar-refractivity contribution in [1.29, 1.82) is 0 Å². The number of nitrogens with zero attached hydrogens (tertiary/aromatic N) is 3. The minimum Gasteiger partial charge on any atom is -0.354 e. The summed E-state index contributed by atoms with van der Waals surface area (Å²) in [5.41, 5.74) is 13.8. The van der Waals surface area contributed by atoms with Gasteiger partial charge < -0.3 is 9.97 Å². The highest BCUT2D eigenvalue weighted by atomic mass is 16.6. The predicted octanol–water partition coefficient (Wildman–Crippen LogP) is 12.2. The number of hydrogen-bond acceptors (Lipinski definition) is 4. The molecular weight excluding hydrogens is 727 g/mol. The number of rotatable bonds is 5. The largest absolute Gasteiger partial charge is 0.354 e. The molecule has 2 N–H and O–H groups in total. The van der Waals surface area contributed by atoms with Crippen molar-refractivity contribution in [2.75, 3.05) is 0 Å². The van der Waals surface area contributed by atoms with Crippen LogP contribution in [0.15, 0.2) is 170 Å². The van der Waals surface area contributed by atoms with Gasteiger partial charge in [-0.15, -0.1) is 0 Å². The number of fused-ring (bicyclic) bond motifs is 12. The van der Waals surface area contributed by atoms with Crippen molar-refractivity contribution in [1.82, 2.24) is 19.9 Å². The topological polar surface area (TPSA) is 100 Å². The summed E-state index contributed by atoms with van der Waals surface area (Å²) in [7, 11) is 0. The minimum atomic E-state index is -1.57. The molecule has 2 aliphatic heterocycles. The van der Waals surface area contributed by atoms with Crippen molar-refractivity contribution < 1.29 is 4.92 Å². The molecular formula is C52H37N5O2. The van der Waals surface area contributed by atoms with E-state index in [-0.39, 0.29) is 11.3 Å². The molecule has 0 spiro atoms. The molecule has 7 heteroatoms. The Morgan fingerprint density at radius 3 is 1.39 bits per heavy atom. The van der Waals surface area contributed by atoms with Gasteiger partial charge in [0, 0.05) is 49.2 Å². The van der Waals surface area contributed by atoms with Crippen LogP contribution in [0.1, 0.15) is 39.8 Å². The highest BCUT2D eigenvalue weighted by Gasteiger charge is 2.61. The van der Waals surface area contributed by atoms with E-state index < -0.39 is 11.5 Å². The third kappa shape index (κ3) is 5.57. The molecule has 5 heterocycles. The number of hydrogen-bond donors (Lipinski definition) is 2. The molecule has 7 nitrogen and oxygen atoms in total. The van der Waals surface area contributed by atoms with Crippen LogP contribution in [0.2, 0.25) is 0 Å². The maximum atomic E-state index is 14.3. The van der Waals surface area contributed by atoms with Crippen LogP contribution in [0.5, 0.6) is 0 Å². The van der Waals surface area contributed by atoms with Gasteiger partial charge in [-0.2, -0.15) is 0 Å². The molecule has 0 fully saturated rings.